The van der Waals surface area contributed by atoms with Crippen LogP contribution in [0, 0.1) is 0 Å². The number of imidazole rings is 1. The minimum atomic E-state index is -3.94. The molecule has 4 heterocycles. The van der Waals surface area contributed by atoms with Gasteiger partial charge in [-0.15, -0.1) is 0 Å². The van der Waals surface area contributed by atoms with Gasteiger partial charge in [-0.25, -0.2) is 13.4 Å². The molecular weight excluding hydrogens is 408 g/mol. The number of carbonyl (C=O) groups excluding carboxylic acids is 1. The van der Waals surface area contributed by atoms with Crippen molar-refractivity contribution in [1.29, 1.82) is 0 Å². The van der Waals surface area contributed by atoms with Crippen LogP contribution in [0.4, 0.5) is 0 Å². The maximum atomic E-state index is 13.2. The van der Waals surface area contributed by atoms with Gasteiger partial charge in [0.1, 0.15) is 11.7 Å². The molecule has 2 aromatic rings. The summed E-state index contributed by atoms with van der Waals surface area (Å²) in [6.45, 7) is 0.326. The van der Waals surface area contributed by atoms with Crippen LogP contribution in [0.15, 0.2) is 27.8 Å². The lowest BCUT2D eigenvalue weighted by Gasteiger charge is -2.32. The Morgan fingerprint density at radius 3 is 2.91 bits per heavy atom. The van der Waals surface area contributed by atoms with Gasteiger partial charge in [-0.1, -0.05) is 11.6 Å². The molecule has 2 aromatic heterocycles. The van der Waals surface area contributed by atoms with Crippen LogP contribution in [0.1, 0.15) is 12.8 Å². The Hall–Kier alpha value is -1.16. The van der Waals surface area contributed by atoms with Crippen molar-refractivity contribution in [3.05, 3.63) is 28.0 Å². The van der Waals surface area contributed by atoms with Crippen LogP contribution in [-0.4, -0.2) is 46.6 Å². The molecule has 2 bridgehead atoms. The Kier molecular flexibility index (Phi) is 3.45. The minimum Gasteiger partial charge on any atom is -0.353 e. The highest BCUT2D eigenvalue weighted by Crippen LogP contribution is 2.36. The van der Waals surface area contributed by atoms with Gasteiger partial charge in [0.15, 0.2) is 10.2 Å². The highest BCUT2D eigenvalue weighted by Gasteiger charge is 2.50. The minimum absolute atomic E-state index is 0.0894. The normalized spacial score (nSPS) is 25.0. The number of sulfonamides is 1. The third kappa shape index (κ3) is 2.21. The summed E-state index contributed by atoms with van der Waals surface area (Å²) < 4.78 is 29.8. The van der Waals surface area contributed by atoms with E-state index in [2.05, 4.69) is 26.2 Å². The van der Waals surface area contributed by atoms with Gasteiger partial charge in [-0.3, -0.25) is 9.20 Å². The molecule has 2 unspecified atom stereocenters. The van der Waals surface area contributed by atoms with Crippen LogP contribution in [0.2, 0.25) is 5.15 Å². The molecule has 1 amide bonds. The molecule has 2 aliphatic rings. The van der Waals surface area contributed by atoms with Crippen LogP contribution >= 0.6 is 27.5 Å². The SMILES string of the molecule is O=C1NCC2CCC1N2S(=O)(=O)c1c(Cl)nc2ccc(Br)cn12. The molecule has 0 aliphatic carbocycles. The molecular formula is C13H12BrClN4O3S. The van der Waals surface area contributed by atoms with Crippen molar-refractivity contribution in [2.45, 2.75) is 30.0 Å². The number of carbonyl (C=O) groups is 1. The van der Waals surface area contributed by atoms with Crippen LogP contribution in [0.25, 0.3) is 5.65 Å². The summed E-state index contributed by atoms with van der Waals surface area (Å²) in [6.07, 6.45) is 2.78. The van der Waals surface area contributed by atoms with Crippen molar-refractivity contribution in [3.8, 4) is 0 Å². The first-order valence-corrected chi connectivity index (χ1v) is 9.65. The second-order valence-electron chi connectivity index (χ2n) is 5.61. The molecule has 2 fully saturated rings. The van der Waals surface area contributed by atoms with Gasteiger partial charge in [0.25, 0.3) is 10.0 Å². The first-order valence-electron chi connectivity index (χ1n) is 7.04. The average Bonchev–Trinajstić information content (AvgIpc) is 3.00. The number of amides is 1. The zero-order valence-corrected chi connectivity index (χ0v) is 14.9. The monoisotopic (exact) mass is 418 g/mol. The van der Waals surface area contributed by atoms with Crippen molar-refractivity contribution in [3.63, 3.8) is 0 Å². The summed E-state index contributed by atoms with van der Waals surface area (Å²) >= 11 is 9.44. The van der Waals surface area contributed by atoms with E-state index in [4.69, 9.17) is 11.6 Å². The predicted octanol–water partition coefficient (Wildman–Crippen LogP) is 1.40. The second-order valence-corrected chi connectivity index (χ2v) is 8.64. The van der Waals surface area contributed by atoms with E-state index in [1.54, 1.807) is 18.3 Å². The van der Waals surface area contributed by atoms with E-state index in [-0.39, 0.29) is 22.1 Å². The first kappa shape index (κ1) is 15.4. The number of pyridine rings is 1. The van der Waals surface area contributed by atoms with Gasteiger partial charge >= 0.3 is 0 Å². The summed E-state index contributed by atoms with van der Waals surface area (Å²) in [4.78, 5) is 16.1. The van der Waals surface area contributed by atoms with Crippen molar-refractivity contribution < 1.29 is 13.2 Å². The van der Waals surface area contributed by atoms with Gasteiger partial charge in [0, 0.05) is 23.3 Å². The number of rotatable bonds is 2. The maximum absolute atomic E-state index is 13.2. The van der Waals surface area contributed by atoms with Gasteiger partial charge in [-0.2, -0.15) is 4.31 Å². The number of nitrogens with one attached hydrogen (secondary N) is 1. The molecule has 0 saturated carbocycles. The lowest BCUT2D eigenvalue weighted by molar-refractivity contribution is -0.126. The molecule has 2 aliphatic heterocycles. The van der Waals surface area contributed by atoms with Crippen LogP contribution in [0.3, 0.4) is 0 Å². The highest BCUT2D eigenvalue weighted by atomic mass is 79.9. The average molecular weight is 420 g/mol. The molecule has 4 rings (SSSR count). The number of hydrogen-bond acceptors (Lipinski definition) is 4. The Balaban J connectivity index is 1.91. The van der Waals surface area contributed by atoms with Gasteiger partial charge in [0.05, 0.1) is 0 Å². The fourth-order valence-electron chi connectivity index (χ4n) is 3.30. The fourth-order valence-corrected chi connectivity index (χ4v) is 6.07. The molecule has 23 heavy (non-hydrogen) atoms. The summed E-state index contributed by atoms with van der Waals surface area (Å²) in [5.74, 6) is -0.256. The topological polar surface area (TPSA) is 83.8 Å². The largest absolute Gasteiger partial charge is 0.353 e. The number of halogens is 2. The Morgan fingerprint density at radius 1 is 1.35 bits per heavy atom. The third-order valence-electron chi connectivity index (χ3n) is 4.28. The van der Waals surface area contributed by atoms with E-state index in [1.165, 1.54) is 8.71 Å². The Bertz CT molecular complexity index is 929. The number of aromatic nitrogens is 2. The second kappa shape index (κ2) is 5.17. The van der Waals surface area contributed by atoms with E-state index in [9.17, 15) is 13.2 Å². The maximum Gasteiger partial charge on any atom is 0.263 e. The Morgan fingerprint density at radius 2 is 2.13 bits per heavy atom. The van der Waals surface area contributed by atoms with Crippen molar-refractivity contribution in [2.75, 3.05) is 6.54 Å². The molecule has 0 spiro atoms. The first-order chi connectivity index (χ1) is 10.9. The summed E-state index contributed by atoms with van der Waals surface area (Å²) in [5, 5.41) is 2.56. The molecule has 2 atom stereocenters. The smallest absolute Gasteiger partial charge is 0.263 e. The van der Waals surface area contributed by atoms with Crippen LogP contribution in [-0.2, 0) is 14.8 Å². The molecule has 10 heteroatoms. The number of hydrogen-bond donors (Lipinski definition) is 1. The predicted molar refractivity (Wildman–Crippen MR) is 86.7 cm³/mol. The number of fused-ring (bicyclic) bond motifs is 3. The van der Waals surface area contributed by atoms with E-state index in [1.807, 2.05) is 0 Å². The quantitative estimate of drug-likeness (QED) is 0.797. The number of nitrogens with zero attached hydrogens (tertiary/aromatic N) is 3. The zero-order valence-electron chi connectivity index (χ0n) is 11.7. The van der Waals surface area contributed by atoms with Gasteiger partial charge in [-0.05, 0) is 40.9 Å². The van der Waals surface area contributed by atoms with Crippen LogP contribution < -0.4 is 5.32 Å². The van der Waals surface area contributed by atoms with Crippen molar-refractivity contribution in [2.24, 2.45) is 0 Å². The van der Waals surface area contributed by atoms with E-state index >= 15 is 0 Å². The third-order valence-corrected chi connectivity index (χ3v) is 7.11. The molecule has 1 N–H and O–H groups in total. The summed E-state index contributed by atoms with van der Waals surface area (Å²) in [5.41, 5.74) is 0.436. The van der Waals surface area contributed by atoms with E-state index < -0.39 is 16.1 Å². The molecule has 0 radical (unpaired) electrons. The number of piperazine rings is 1. The summed E-state index contributed by atoms with van der Waals surface area (Å²) in [7, 11) is -3.94. The highest BCUT2D eigenvalue weighted by molar-refractivity contribution is 9.10. The van der Waals surface area contributed by atoms with Crippen LogP contribution in [0.5, 0.6) is 0 Å². The standard InChI is InChI=1S/C13H12BrClN4O3S/c14-7-1-4-10-17-11(15)13(18(10)6-7)23(21,22)19-8-2-3-9(19)12(20)16-5-8/h1,4,6,8-9H,2-3,5H2,(H,16,20). The lowest BCUT2D eigenvalue weighted by atomic mass is 10.2. The lowest BCUT2D eigenvalue weighted by Crippen LogP contribution is -2.57. The Labute approximate surface area is 145 Å². The molecule has 2 saturated heterocycles. The van der Waals surface area contributed by atoms with Crippen molar-refractivity contribution in [1.82, 2.24) is 19.0 Å². The van der Waals surface area contributed by atoms with Gasteiger partial charge < -0.3 is 5.32 Å². The van der Waals surface area contributed by atoms with E-state index in [0.717, 1.165) is 0 Å². The molecule has 0 aromatic carbocycles. The molecule has 122 valence electrons. The molecule has 7 nitrogen and oxygen atoms in total. The van der Waals surface area contributed by atoms with Crippen molar-refractivity contribution >= 4 is 49.1 Å². The zero-order chi connectivity index (χ0) is 16.4. The van der Waals surface area contributed by atoms with Gasteiger partial charge in [0.2, 0.25) is 5.91 Å². The van der Waals surface area contributed by atoms with E-state index in [0.29, 0.717) is 29.5 Å². The summed E-state index contributed by atoms with van der Waals surface area (Å²) in [6, 6.07) is 2.52. The fraction of sp³-hybridized carbons (Fsp3) is 0.385.